The number of alkyl halides is 1. The van der Waals surface area contributed by atoms with E-state index in [2.05, 4.69) is 4.99 Å². The van der Waals surface area contributed by atoms with E-state index in [9.17, 15) is 10.1 Å². The molecule has 0 aromatic rings. The standard InChI is InChI=1S/C5H6ClN3O2/c6-5(9(10)11)2-1-3-8-4(5)7/h1-4H,7H2. The van der Waals surface area contributed by atoms with Crippen LogP contribution in [0.1, 0.15) is 0 Å². The van der Waals surface area contributed by atoms with Crippen LogP contribution >= 0.6 is 11.6 Å². The normalized spacial score (nSPS) is 35.6. The summed E-state index contributed by atoms with van der Waals surface area (Å²) >= 11 is 5.54. The maximum atomic E-state index is 10.4. The van der Waals surface area contributed by atoms with Crippen molar-refractivity contribution in [1.82, 2.24) is 0 Å². The van der Waals surface area contributed by atoms with E-state index in [1.807, 2.05) is 0 Å². The van der Waals surface area contributed by atoms with Gasteiger partial charge in [0.1, 0.15) is 0 Å². The minimum atomic E-state index is -1.77. The van der Waals surface area contributed by atoms with Crippen molar-refractivity contribution < 1.29 is 4.92 Å². The summed E-state index contributed by atoms with van der Waals surface area (Å²) < 4.78 is 0. The lowest BCUT2D eigenvalue weighted by atomic mass is 10.2. The smallest absolute Gasteiger partial charge is 0.302 e. The molecule has 0 saturated carbocycles. The number of rotatable bonds is 1. The largest absolute Gasteiger partial charge is 0.348 e. The molecule has 0 radical (unpaired) electrons. The van der Waals surface area contributed by atoms with Crippen molar-refractivity contribution >= 4 is 17.8 Å². The molecule has 0 amide bonds. The fourth-order valence-electron chi connectivity index (χ4n) is 0.692. The topological polar surface area (TPSA) is 81.5 Å². The monoisotopic (exact) mass is 175 g/mol. The van der Waals surface area contributed by atoms with Crippen LogP contribution in [0.5, 0.6) is 0 Å². The Hall–Kier alpha value is -0.940. The Morgan fingerprint density at radius 3 is 2.82 bits per heavy atom. The van der Waals surface area contributed by atoms with E-state index in [1.54, 1.807) is 0 Å². The molecule has 0 bridgehead atoms. The van der Waals surface area contributed by atoms with Crippen molar-refractivity contribution in [3.05, 3.63) is 22.3 Å². The van der Waals surface area contributed by atoms with Crippen molar-refractivity contribution in [3.63, 3.8) is 0 Å². The van der Waals surface area contributed by atoms with Gasteiger partial charge < -0.3 is 5.73 Å². The Morgan fingerprint density at radius 2 is 2.45 bits per heavy atom. The predicted molar refractivity (Wildman–Crippen MR) is 41.2 cm³/mol. The average molecular weight is 176 g/mol. The van der Waals surface area contributed by atoms with Gasteiger partial charge in [-0.05, 0) is 17.7 Å². The van der Waals surface area contributed by atoms with Crippen LogP contribution in [0.25, 0.3) is 0 Å². The third-order valence-corrected chi connectivity index (χ3v) is 1.84. The molecule has 0 aromatic heterocycles. The van der Waals surface area contributed by atoms with Crippen molar-refractivity contribution in [3.8, 4) is 0 Å². The fourth-order valence-corrected chi connectivity index (χ4v) is 0.821. The lowest BCUT2D eigenvalue weighted by Gasteiger charge is -2.19. The Kier molecular flexibility index (Phi) is 1.92. The second-order valence-electron chi connectivity index (χ2n) is 2.09. The number of dihydropyridines is 1. The van der Waals surface area contributed by atoms with E-state index in [-0.39, 0.29) is 0 Å². The summed E-state index contributed by atoms with van der Waals surface area (Å²) in [6.45, 7) is 0. The molecule has 11 heavy (non-hydrogen) atoms. The molecule has 2 N–H and O–H groups in total. The first kappa shape index (κ1) is 8.16. The zero-order chi connectivity index (χ0) is 8.48. The summed E-state index contributed by atoms with van der Waals surface area (Å²) in [6.07, 6.45) is 2.99. The van der Waals surface area contributed by atoms with Gasteiger partial charge >= 0.3 is 5.00 Å². The summed E-state index contributed by atoms with van der Waals surface area (Å²) in [5.41, 5.74) is 5.29. The number of allylic oxidation sites excluding steroid dienone is 1. The lowest BCUT2D eigenvalue weighted by Crippen LogP contribution is -2.48. The minimum Gasteiger partial charge on any atom is -0.302 e. The first-order valence-electron chi connectivity index (χ1n) is 2.87. The molecule has 1 heterocycles. The van der Waals surface area contributed by atoms with Gasteiger partial charge in [-0.25, -0.2) is 0 Å². The summed E-state index contributed by atoms with van der Waals surface area (Å²) in [4.78, 5) is 11.5. The van der Waals surface area contributed by atoms with Gasteiger partial charge in [0.2, 0.25) is 0 Å². The Labute approximate surface area is 67.7 Å². The zero-order valence-corrected chi connectivity index (χ0v) is 6.23. The highest BCUT2D eigenvalue weighted by Crippen LogP contribution is 2.23. The van der Waals surface area contributed by atoms with E-state index < -0.39 is 16.1 Å². The fraction of sp³-hybridized carbons (Fsp3) is 0.400. The summed E-state index contributed by atoms with van der Waals surface area (Å²) in [7, 11) is 0. The molecule has 2 atom stereocenters. The molecule has 6 heteroatoms. The maximum absolute atomic E-state index is 10.4. The van der Waals surface area contributed by atoms with Gasteiger partial charge in [0, 0.05) is 12.3 Å². The second kappa shape index (κ2) is 2.60. The van der Waals surface area contributed by atoms with Gasteiger partial charge in [-0.2, -0.15) is 0 Å². The van der Waals surface area contributed by atoms with Crippen LogP contribution in [-0.4, -0.2) is 22.3 Å². The van der Waals surface area contributed by atoms with Gasteiger partial charge in [0.15, 0.2) is 6.17 Å². The van der Waals surface area contributed by atoms with E-state index >= 15 is 0 Å². The first-order valence-corrected chi connectivity index (χ1v) is 3.25. The molecule has 0 aromatic carbocycles. The minimum absolute atomic E-state index is 0.660. The van der Waals surface area contributed by atoms with Crippen molar-refractivity contribution in [1.29, 1.82) is 0 Å². The molecular weight excluding hydrogens is 170 g/mol. The van der Waals surface area contributed by atoms with Crippen molar-refractivity contribution in [2.24, 2.45) is 10.7 Å². The maximum Gasteiger partial charge on any atom is 0.348 e. The number of nitrogens with zero attached hydrogens (tertiary/aromatic N) is 2. The molecule has 1 aliphatic heterocycles. The Bertz CT molecular complexity index is 240. The van der Waals surface area contributed by atoms with Crippen LogP contribution in [-0.2, 0) is 0 Å². The number of nitrogens with two attached hydrogens (primary N) is 1. The number of nitro groups is 1. The Morgan fingerprint density at radius 1 is 1.82 bits per heavy atom. The molecule has 60 valence electrons. The van der Waals surface area contributed by atoms with Crippen LogP contribution < -0.4 is 5.73 Å². The number of aliphatic imine (C=N–C) groups is 1. The molecule has 0 aliphatic carbocycles. The average Bonchev–Trinajstić information content (AvgIpc) is 1.95. The van der Waals surface area contributed by atoms with E-state index in [1.165, 1.54) is 18.4 Å². The highest BCUT2D eigenvalue weighted by molar-refractivity contribution is 6.24. The molecule has 5 nitrogen and oxygen atoms in total. The van der Waals surface area contributed by atoms with Crippen LogP contribution in [0.3, 0.4) is 0 Å². The highest BCUT2D eigenvalue weighted by Gasteiger charge is 2.45. The van der Waals surface area contributed by atoms with Gasteiger partial charge in [0.05, 0.1) is 4.92 Å². The molecule has 1 rings (SSSR count). The van der Waals surface area contributed by atoms with Gasteiger partial charge in [-0.1, -0.05) is 0 Å². The van der Waals surface area contributed by atoms with E-state index in [0.717, 1.165) is 0 Å². The summed E-state index contributed by atoms with van der Waals surface area (Å²) in [5, 5.41) is 10.4. The third-order valence-electron chi connectivity index (χ3n) is 1.36. The highest BCUT2D eigenvalue weighted by atomic mass is 35.5. The van der Waals surface area contributed by atoms with E-state index in [0.29, 0.717) is 0 Å². The van der Waals surface area contributed by atoms with Crippen molar-refractivity contribution in [2.75, 3.05) is 0 Å². The number of hydrogen-bond donors (Lipinski definition) is 1. The van der Waals surface area contributed by atoms with Crippen molar-refractivity contribution in [2.45, 2.75) is 11.2 Å². The van der Waals surface area contributed by atoms with Crippen LogP contribution in [0, 0.1) is 10.1 Å². The van der Waals surface area contributed by atoms with E-state index in [4.69, 9.17) is 17.3 Å². The van der Waals surface area contributed by atoms with Gasteiger partial charge in [0.25, 0.3) is 0 Å². The third kappa shape index (κ3) is 1.24. The summed E-state index contributed by atoms with van der Waals surface area (Å²) in [5.74, 6) is 0. The number of halogens is 1. The van der Waals surface area contributed by atoms with Gasteiger partial charge in [-0.15, -0.1) is 0 Å². The molecule has 0 spiro atoms. The van der Waals surface area contributed by atoms with Crippen LogP contribution in [0.4, 0.5) is 0 Å². The van der Waals surface area contributed by atoms with Crippen LogP contribution in [0.15, 0.2) is 17.1 Å². The molecule has 0 saturated heterocycles. The molecule has 0 fully saturated rings. The molecule has 1 aliphatic rings. The molecule has 2 unspecified atom stereocenters. The lowest BCUT2D eigenvalue weighted by molar-refractivity contribution is -0.531. The zero-order valence-electron chi connectivity index (χ0n) is 5.48. The first-order chi connectivity index (χ1) is 5.07. The predicted octanol–water partition coefficient (Wildman–Crippen LogP) is 0.124. The molecular formula is C5H6ClN3O2. The summed E-state index contributed by atoms with van der Waals surface area (Å²) in [6, 6.07) is 0. The van der Waals surface area contributed by atoms with Crippen LogP contribution in [0.2, 0.25) is 0 Å². The van der Waals surface area contributed by atoms with Gasteiger partial charge in [-0.3, -0.25) is 15.1 Å². The number of hydrogen-bond acceptors (Lipinski definition) is 4. The second-order valence-corrected chi connectivity index (χ2v) is 2.69. The quantitative estimate of drug-likeness (QED) is 0.266. The SMILES string of the molecule is NC1N=CC=CC1(Cl)[N+](=O)[O-]. The Balaban J connectivity index is 2.94.